The third-order valence-corrected chi connectivity index (χ3v) is 4.68. The highest BCUT2D eigenvalue weighted by Gasteiger charge is 2.19. The van der Waals surface area contributed by atoms with Crippen molar-refractivity contribution in [2.24, 2.45) is 0 Å². The third-order valence-electron chi connectivity index (χ3n) is 3.01. The monoisotopic (exact) mass is 374 g/mol. The van der Waals surface area contributed by atoms with Crippen LogP contribution in [-0.4, -0.2) is 33.3 Å². The van der Waals surface area contributed by atoms with Crippen LogP contribution in [0.5, 0.6) is 0 Å². The van der Waals surface area contributed by atoms with Gasteiger partial charge in [-0.1, -0.05) is 11.6 Å². The van der Waals surface area contributed by atoms with Gasteiger partial charge in [0.15, 0.2) is 0 Å². The zero-order valence-corrected chi connectivity index (χ0v) is 14.3. The number of rotatable bonds is 4. The molecular weight excluding hydrogens is 362 g/mol. The summed E-state index contributed by atoms with van der Waals surface area (Å²) in [5, 5.41) is 0.0331. The molecule has 0 atom stereocenters. The van der Waals surface area contributed by atoms with E-state index in [1.54, 1.807) is 0 Å². The number of hydrogen-bond donors (Lipinski definition) is 1. The van der Waals surface area contributed by atoms with Gasteiger partial charge in [0.05, 0.1) is 15.6 Å². The molecule has 1 amide bonds. The van der Waals surface area contributed by atoms with Crippen LogP contribution < -0.4 is 4.72 Å². The van der Waals surface area contributed by atoms with E-state index >= 15 is 0 Å². The molecule has 0 saturated carbocycles. The lowest BCUT2D eigenvalue weighted by Gasteiger charge is -2.14. The molecule has 0 spiro atoms. The molecule has 128 valence electrons. The van der Waals surface area contributed by atoms with E-state index in [4.69, 9.17) is 11.6 Å². The van der Waals surface area contributed by atoms with E-state index in [0.717, 1.165) is 0 Å². The molecule has 5 nitrogen and oxygen atoms in total. The third kappa shape index (κ3) is 4.01. The van der Waals surface area contributed by atoms with Gasteiger partial charge in [-0.2, -0.15) is 0 Å². The number of hydrogen-bond acceptors (Lipinski definition) is 3. The van der Waals surface area contributed by atoms with Crippen LogP contribution in [0.3, 0.4) is 0 Å². The maximum absolute atomic E-state index is 13.2. The van der Waals surface area contributed by atoms with Crippen molar-refractivity contribution in [3.63, 3.8) is 0 Å². The van der Waals surface area contributed by atoms with E-state index < -0.39 is 26.6 Å². The van der Waals surface area contributed by atoms with Crippen LogP contribution in [0.1, 0.15) is 10.4 Å². The largest absolute Gasteiger partial charge is 0.345 e. The number of carbonyl (C=O) groups excluding carboxylic acids is 1. The number of nitrogens with zero attached hydrogens (tertiary/aromatic N) is 1. The normalized spacial score (nSPS) is 11.2. The van der Waals surface area contributed by atoms with Crippen molar-refractivity contribution in [2.45, 2.75) is 4.90 Å². The molecular formula is C15H13ClF2N2O3S. The number of amides is 1. The van der Waals surface area contributed by atoms with Gasteiger partial charge in [-0.25, -0.2) is 17.2 Å². The molecule has 0 heterocycles. The number of anilines is 1. The first-order chi connectivity index (χ1) is 11.1. The number of benzene rings is 2. The topological polar surface area (TPSA) is 66.5 Å². The molecule has 2 aromatic rings. The Bertz CT molecular complexity index is 881. The Morgan fingerprint density at radius 3 is 2.21 bits per heavy atom. The predicted octanol–water partition coefficient (Wildman–Crippen LogP) is 3.12. The molecule has 0 fully saturated rings. The average molecular weight is 375 g/mol. The second kappa shape index (κ2) is 6.74. The molecule has 0 aliphatic carbocycles. The minimum Gasteiger partial charge on any atom is -0.345 e. The van der Waals surface area contributed by atoms with E-state index in [9.17, 15) is 22.0 Å². The van der Waals surface area contributed by atoms with Crippen LogP contribution in [0.4, 0.5) is 14.5 Å². The van der Waals surface area contributed by atoms with Crippen molar-refractivity contribution in [2.75, 3.05) is 18.8 Å². The standard InChI is InChI=1S/C15H13ClF2N2O3S/c1-20(2)15(21)9-3-4-13(16)14(5-9)19-24(22,23)12-7-10(17)6-11(18)8-12/h3-8,19H,1-2H3. The fourth-order valence-electron chi connectivity index (χ4n) is 1.88. The fraction of sp³-hybridized carbons (Fsp3) is 0.133. The van der Waals surface area contributed by atoms with Gasteiger partial charge >= 0.3 is 0 Å². The van der Waals surface area contributed by atoms with Crippen molar-refractivity contribution in [3.05, 3.63) is 58.6 Å². The first-order valence-electron chi connectivity index (χ1n) is 6.60. The predicted molar refractivity (Wildman–Crippen MR) is 86.6 cm³/mol. The molecule has 1 N–H and O–H groups in total. The average Bonchev–Trinajstić information content (AvgIpc) is 2.47. The van der Waals surface area contributed by atoms with Crippen LogP contribution in [0.2, 0.25) is 5.02 Å². The lowest BCUT2D eigenvalue weighted by Crippen LogP contribution is -2.22. The lowest BCUT2D eigenvalue weighted by molar-refractivity contribution is 0.0827. The minimum atomic E-state index is -4.28. The highest BCUT2D eigenvalue weighted by atomic mass is 35.5. The van der Waals surface area contributed by atoms with Crippen molar-refractivity contribution < 1.29 is 22.0 Å². The van der Waals surface area contributed by atoms with Crippen LogP contribution in [-0.2, 0) is 10.0 Å². The van der Waals surface area contributed by atoms with Gasteiger partial charge in [0.1, 0.15) is 11.6 Å². The van der Waals surface area contributed by atoms with Crippen molar-refractivity contribution in [1.82, 2.24) is 4.90 Å². The van der Waals surface area contributed by atoms with Gasteiger partial charge in [0, 0.05) is 25.7 Å². The highest BCUT2D eigenvalue weighted by Crippen LogP contribution is 2.26. The lowest BCUT2D eigenvalue weighted by atomic mass is 10.2. The molecule has 2 aromatic carbocycles. The summed E-state index contributed by atoms with van der Waals surface area (Å²) in [5.41, 5.74) is 0.126. The number of halogens is 3. The number of nitrogens with one attached hydrogen (secondary N) is 1. The number of sulfonamides is 1. The summed E-state index contributed by atoms with van der Waals surface area (Å²) < 4.78 is 53.1. The van der Waals surface area contributed by atoms with E-state index in [0.29, 0.717) is 18.2 Å². The molecule has 0 saturated heterocycles. The Morgan fingerprint density at radius 2 is 1.67 bits per heavy atom. The Balaban J connectivity index is 2.42. The summed E-state index contributed by atoms with van der Waals surface area (Å²) in [4.78, 5) is 12.7. The first-order valence-corrected chi connectivity index (χ1v) is 8.46. The second-order valence-electron chi connectivity index (χ2n) is 5.10. The van der Waals surface area contributed by atoms with Crippen molar-refractivity contribution >= 4 is 33.2 Å². The summed E-state index contributed by atoms with van der Waals surface area (Å²) >= 11 is 5.94. The van der Waals surface area contributed by atoms with Crippen LogP contribution >= 0.6 is 11.6 Å². The van der Waals surface area contributed by atoms with Crippen molar-refractivity contribution in [3.8, 4) is 0 Å². The second-order valence-corrected chi connectivity index (χ2v) is 7.19. The van der Waals surface area contributed by atoms with E-state index in [-0.39, 0.29) is 22.2 Å². The Morgan fingerprint density at radius 1 is 1.08 bits per heavy atom. The molecule has 0 radical (unpaired) electrons. The van der Waals surface area contributed by atoms with E-state index in [1.807, 2.05) is 0 Å². The van der Waals surface area contributed by atoms with Crippen LogP contribution in [0.15, 0.2) is 41.3 Å². The molecule has 0 unspecified atom stereocenters. The fourth-order valence-corrected chi connectivity index (χ4v) is 3.21. The zero-order chi connectivity index (χ0) is 18.1. The Hall–Kier alpha value is -2.19. The number of carbonyl (C=O) groups is 1. The van der Waals surface area contributed by atoms with E-state index in [2.05, 4.69) is 4.72 Å². The Kier molecular flexibility index (Phi) is 5.10. The summed E-state index contributed by atoms with van der Waals surface area (Å²) in [6.45, 7) is 0. The maximum Gasteiger partial charge on any atom is 0.262 e. The SMILES string of the molecule is CN(C)C(=O)c1ccc(Cl)c(NS(=O)(=O)c2cc(F)cc(F)c2)c1. The molecule has 0 aliphatic rings. The quantitative estimate of drug-likeness (QED) is 0.894. The van der Waals surface area contributed by atoms with Gasteiger partial charge < -0.3 is 4.90 Å². The van der Waals surface area contributed by atoms with Gasteiger partial charge in [-0.15, -0.1) is 0 Å². The zero-order valence-electron chi connectivity index (χ0n) is 12.7. The maximum atomic E-state index is 13.2. The summed E-state index contributed by atoms with van der Waals surface area (Å²) in [6.07, 6.45) is 0. The highest BCUT2D eigenvalue weighted by molar-refractivity contribution is 7.92. The minimum absolute atomic E-state index is 0.0331. The first kappa shape index (κ1) is 18.2. The Labute approximate surface area is 142 Å². The van der Waals surface area contributed by atoms with Crippen LogP contribution in [0, 0.1) is 11.6 Å². The van der Waals surface area contributed by atoms with Gasteiger partial charge in [0.25, 0.3) is 15.9 Å². The van der Waals surface area contributed by atoms with Gasteiger partial charge in [-0.3, -0.25) is 9.52 Å². The summed E-state index contributed by atoms with van der Waals surface area (Å²) in [7, 11) is -1.21. The van der Waals surface area contributed by atoms with Gasteiger partial charge in [-0.05, 0) is 30.3 Å². The molecule has 0 aromatic heterocycles. The van der Waals surface area contributed by atoms with Crippen molar-refractivity contribution in [1.29, 1.82) is 0 Å². The van der Waals surface area contributed by atoms with E-state index in [1.165, 1.54) is 37.2 Å². The molecule has 0 aliphatic heterocycles. The molecule has 9 heteroatoms. The van der Waals surface area contributed by atoms with Crippen LogP contribution in [0.25, 0.3) is 0 Å². The smallest absolute Gasteiger partial charge is 0.262 e. The molecule has 0 bridgehead atoms. The summed E-state index contributed by atoms with van der Waals surface area (Å²) in [5.74, 6) is -2.42. The molecule has 2 rings (SSSR count). The summed E-state index contributed by atoms with van der Waals surface area (Å²) in [6, 6.07) is 5.94. The molecule has 24 heavy (non-hydrogen) atoms. The van der Waals surface area contributed by atoms with Gasteiger partial charge in [0.2, 0.25) is 0 Å².